The summed E-state index contributed by atoms with van der Waals surface area (Å²) >= 11 is 0. The summed E-state index contributed by atoms with van der Waals surface area (Å²) in [5, 5.41) is 11.6. The second kappa shape index (κ2) is 7.18. The lowest BCUT2D eigenvalue weighted by Crippen LogP contribution is -2.52. The summed E-state index contributed by atoms with van der Waals surface area (Å²) in [6.45, 7) is 0.140. The summed E-state index contributed by atoms with van der Waals surface area (Å²) < 4.78 is 26.1. The third-order valence-corrected chi connectivity index (χ3v) is 5.24. The maximum atomic E-state index is 13.1. The lowest BCUT2D eigenvalue weighted by atomic mass is 10.00. The summed E-state index contributed by atoms with van der Waals surface area (Å²) in [6.07, 6.45) is -2.48. The van der Waals surface area contributed by atoms with E-state index in [0.29, 0.717) is 16.7 Å². The molecule has 2 aliphatic heterocycles. The van der Waals surface area contributed by atoms with Crippen LogP contribution in [0.3, 0.4) is 0 Å². The molecule has 4 rings (SSSR count). The van der Waals surface area contributed by atoms with Crippen LogP contribution < -0.4 is 11.1 Å². The van der Waals surface area contributed by atoms with Gasteiger partial charge >= 0.3 is 0 Å². The van der Waals surface area contributed by atoms with Gasteiger partial charge in [0.05, 0.1) is 16.8 Å². The monoisotopic (exact) mass is 411 g/mol. The van der Waals surface area contributed by atoms with Gasteiger partial charge in [-0.2, -0.15) is 5.26 Å². The van der Waals surface area contributed by atoms with Crippen LogP contribution in [0.4, 0.5) is 14.6 Å². The zero-order chi connectivity index (χ0) is 21.6. The Bertz CT molecular complexity index is 1140. The molecule has 1 unspecified atom stereocenters. The van der Waals surface area contributed by atoms with E-state index < -0.39 is 23.9 Å². The number of hydrogen-bond acceptors (Lipinski definition) is 6. The van der Waals surface area contributed by atoms with Crippen molar-refractivity contribution in [1.29, 1.82) is 5.26 Å². The van der Waals surface area contributed by atoms with E-state index >= 15 is 0 Å². The number of nitrogen functional groups attached to an aromatic ring is 1. The van der Waals surface area contributed by atoms with Crippen LogP contribution in [0, 0.1) is 11.3 Å². The molecule has 0 spiro atoms. The molecule has 1 fully saturated rings. The third kappa shape index (κ3) is 3.14. The van der Waals surface area contributed by atoms with Crippen molar-refractivity contribution in [2.75, 3.05) is 5.73 Å². The topological polar surface area (TPSA) is 129 Å². The number of hydrogen-bond donors (Lipinski definition) is 2. The highest BCUT2D eigenvalue weighted by atomic mass is 19.3. The van der Waals surface area contributed by atoms with E-state index in [1.54, 1.807) is 18.2 Å². The Balaban J connectivity index is 1.69. The Morgan fingerprint density at radius 3 is 2.70 bits per heavy atom. The van der Waals surface area contributed by atoms with Crippen LogP contribution in [0.5, 0.6) is 0 Å². The first kappa shape index (κ1) is 19.4. The van der Waals surface area contributed by atoms with Crippen molar-refractivity contribution in [3.05, 3.63) is 46.5 Å². The van der Waals surface area contributed by atoms with E-state index in [1.807, 2.05) is 6.07 Å². The van der Waals surface area contributed by atoms with E-state index in [0.717, 1.165) is 6.07 Å². The lowest BCUT2D eigenvalue weighted by molar-refractivity contribution is -0.136. The molecule has 1 atom stereocenters. The first-order valence-electron chi connectivity index (χ1n) is 9.06. The fourth-order valence-electron chi connectivity index (χ4n) is 3.74. The Labute approximate surface area is 169 Å². The van der Waals surface area contributed by atoms with Crippen molar-refractivity contribution in [3.63, 3.8) is 0 Å². The average molecular weight is 411 g/mol. The second-order valence-corrected chi connectivity index (χ2v) is 7.04. The Morgan fingerprint density at radius 1 is 1.27 bits per heavy atom. The first-order valence-corrected chi connectivity index (χ1v) is 9.06. The van der Waals surface area contributed by atoms with Crippen LogP contribution in [0.15, 0.2) is 24.3 Å². The molecular weight excluding hydrogens is 396 g/mol. The molecule has 1 aromatic heterocycles. The molecule has 0 aliphatic carbocycles. The van der Waals surface area contributed by atoms with E-state index in [-0.39, 0.29) is 48.3 Å². The van der Waals surface area contributed by atoms with Crippen LogP contribution in [0.25, 0.3) is 11.3 Å². The third-order valence-electron chi connectivity index (χ3n) is 5.24. The van der Waals surface area contributed by atoms with Gasteiger partial charge < -0.3 is 10.6 Å². The molecule has 1 saturated heterocycles. The number of nitrogens with zero attached hydrogens (tertiary/aromatic N) is 3. The molecule has 1 aromatic carbocycles. The SMILES string of the molecule is N#Cc1cc(C(F)F)c(N)nc1-c1ccc2c(c1)CN(C1CCC(=O)NC1=O)C2=O. The second-order valence-electron chi connectivity index (χ2n) is 7.04. The smallest absolute Gasteiger partial charge is 0.267 e. The zero-order valence-electron chi connectivity index (χ0n) is 15.5. The Morgan fingerprint density at radius 2 is 2.03 bits per heavy atom. The lowest BCUT2D eigenvalue weighted by Gasteiger charge is -2.29. The normalized spacial score (nSPS) is 18.4. The molecular formula is C20H15F2N5O3. The quantitative estimate of drug-likeness (QED) is 0.742. The molecule has 10 heteroatoms. The highest BCUT2D eigenvalue weighted by molar-refractivity contribution is 6.05. The summed E-state index contributed by atoms with van der Waals surface area (Å²) in [7, 11) is 0. The predicted molar refractivity (Wildman–Crippen MR) is 99.8 cm³/mol. The number of benzene rings is 1. The van der Waals surface area contributed by atoms with Gasteiger partial charge in [-0.1, -0.05) is 6.07 Å². The number of halogens is 2. The van der Waals surface area contributed by atoms with Gasteiger partial charge in [0.1, 0.15) is 17.9 Å². The standard InChI is InChI=1S/C20H15F2N5O3/c21-17(22)13-6-10(7-23)16(26-18(13)24)9-1-2-12-11(5-9)8-27(20(12)30)14-3-4-15(28)25-19(14)29/h1-2,5-6,14,17H,3-4,8H2,(H2,24,26)(H,25,28,29). The van der Waals surface area contributed by atoms with Crippen LogP contribution in [0.1, 0.15) is 46.3 Å². The van der Waals surface area contributed by atoms with Gasteiger partial charge in [0, 0.05) is 24.1 Å². The molecule has 3 N–H and O–H groups in total. The van der Waals surface area contributed by atoms with Gasteiger partial charge in [0.2, 0.25) is 11.8 Å². The summed E-state index contributed by atoms with van der Waals surface area (Å²) in [5.74, 6) is -1.60. The number of imide groups is 1. The molecule has 2 aromatic rings. The van der Waals surface area contributed by atoms with Crippen LogP contribution in [-0.4, -0.2) is 33.6 Å². The number of amides is 3. The number of aromatic nitrogens is 1. The average Bonchev–Trinajstić information content (AvgIpc) is 3.03. The number of nitrogens with two attached hydrogens (primary N) is 1. The van der Waals surface area contributed by atoms with E-state index in [9.17, 15) is 28.4 Å². The van der Waals surface area contributed by atoms with Crippen molar-refractivity contribution < 1.29 is 23.2 Å². The van der Waals surface area contributed by atoms with E-state index in [4.69, 9.17) is 5.73 Å². The number of piperidine rings is 1. The van der Waals surface area contributed by atoms with E-state index in [1.165, 1.54) is 4.90 Å². The molecule has 3 amide bonds. The van der Waals surface area contributed by atoms with Gasteiger partial charge in [-0.3, -0.25) is 19.7 Å². The maximum Gasteiger partial charge on any atom is 0.267 e. The summed E-state index contributed by atoms with van der Waals surface area (Å²) in [6, 6.07) is 6.83. The van der Waals surface area contributed by atoms with Gasteiger partial charge in [0.25, 0.3) is 12.3 Å². The fourth-order valence-corrected chi connectivity index (χ4v) is 3.74. The van der Waals surface area contributed by atoms with Crippen LogP contribution in [-0.2, 0) is 16.1 Å². The van der Waals surface area contributed by atoms with Gasteiger partial charge in [-0.15, -0.1) is 0 Å². The van der Waals surface area contributed by atoms with Crippen molar-refractivity contribution >= 4 is 23.5 Å². The Hall–Kier alpha value is -3.87. The largest absolute Gasteiger partial charge is 0.383 e. The summed E-state index contributed by atoms with van der Waals surface area (Å²) in [4.78, 5) is 41.6. The van der Waals surface area contributed by atoms with Crippen molar-refractivity contribution in [2.24, 2.45) is 0 Å². The maximum absolute atomic E-state index is 13.1. The molecule has 0 bridgehead atoms. The number of carbonyl (C=O) groups is 3. The number of carbonyl (C=O) groups excluding carboxylic acids is 3. The Kier molecular flexibility index (Phi) is 4.66. The molecule has 3 heterocycles. The predicted octanol–water partition coefficient (Wildman–Crippen LogP) is 1.90. The fraction of sp³-hybridized carbons (Fsp3) is 0.250. The number of nitriles is 1. The molecule has 30 heavy (non-hydrogen) atoms. The van der Waals surface area contributed by atoms with Crippen molar-refractivity contribution in [1.82, 2.24) is 15.2 Å². The highest BCUT2D eigenvalue weighted by Crippen LogP contribution is 2.34. The van der Waals surface area contributed by atoms with Gasteiger partial charge in [0.15, 0.2) is 0 Å². The minimum Gasteiger partial charge on any atom is -0.383 e. The molecule has 0 saturated carbocycles. The number of fused-ring (bicyclic) bond motifs is 1. The number of nitrogens with one attached hydrogen (secondary N) is 1. The van der Waals surface area contributed by atoms with Crippen molar-refractivity contribution in [3.8, 4) is 17.3 Å². The van der Waals surface area contributed by atoms with Crippen molar-refractivity contribution in [2.45, 2.75) is 31.9 Å². The molecule has 8 nitrogen and oxygen atoms in total. The minimum atomic E-state index is -2.86. The number of pyridine rings is 1. The first-order chi connectivity index (χ1) is 14.3. The number of alkyl halides is 2. The minimum absolute atomic E-state index is 0.0641. The molecule has 0 radical (unpaired) electrons. The van der Waals surface area contributed by atoms with Crippen LogP contribution in [0.2, 0.25) is 0 Å². The highest BCUT2D eigenvalue weighted by Gasteiger charge is 2.39. The molecule has 2 aliphatic rings. The zero-order valence-corrected chi connectivity index (χ0v) is 15.5. The van der Waals surface area contributed by atoms with Crippen LogP contribution >= 0.6 is 0 Å². The number of anilines is 1. The van der Waals surface area contributed by atoms with Gasteiger partial charge in [-0.05, 0) is 30.2 Å². The number of rotatable bonds is 3. The van der Waals surface area contributed by atoms with E-state index in [2.05, 4.69) is 10.3 Å². The molecule has 152 valence electrons. The summed E-state index contributed by atoms with van der Waals surface area (Å²) in [5.41, 5.74) is 6.61. The van der Waals surface area contributed by atoms with Gasteiger partial charge in [-0.25, -0.2) is 13.8 Å².